The third-order valence-electron chi connectivity index (χ3n) is 5.83. The van der Waals surface area contributed by atoms with Crippen molar-refractivity contribution in [2.75, 3.05) is 12.8 Å². The highest BCUT2D eigenvalue weighted by atomic mass is 19.1. The fraction of sp³-hybridized carbons (Fsp3) is 0.227. The highest BCUT2D eigenvalue weighted by molar-refractivity contribution is 6.12. The maximum absolute atomic E-state index is 14.9. The number of aromatic nitrogens is 2. The molecule has 2 aromatic heterocycles. The molecule has 1 fully saturated rings. The topological polar surface area (TPSA) is 73.3 Å². The van der Waals surface area contributed by atoms with E-state index >= 15 is 0 Å². The van der Waals surface area contributed by atoms with Gasteiger partial charge in [-0.2, -0.15) is 0 Å². The van der Waals surface area contributed by atoms with E-state index in [4.69, 9.17) is 10.5 Å². The van der Waals surface area contributed by atoms with E-state index in [9.17, 15) is 13.9 Å². The van der Waals surface area contributed by atoms with Crippen LogP contribution in [0.2, 0.25) is 0 Å². The van der Waals surface area contributed by atoms with Crippen LogP contribution in [0.15, 0.2) is 36.5 Å². The number of hydrogen-bond donors (Lipinski definition) is 2. The third kappa shape index (κ3) is 2.46. The molecule has 7 heteroatoms. The first kappa shape index (κ1) is 17.7. The molecule has 1 aliphatic carbocycles. The van der Waals surface area contributed by atoms with Crippen molar-refractivity contribution in [3.63, 3.8) is 0 Å². The lowest BCUT2D eigenvalue weighted by Gasteiger charge is -2.27. The number of pyridine rings is 1. The van der Waals surface area contributed by atoms with E-state index in [1.807, 2.05) is 0 Å². The minimum absolute atomic E-state index is 0.0155. The normalized spacial score (nSPS) is 14.4. The van der Waals surface area contributed by atoms with Crippen molar-refractivity contribution in [3.05, 3.63) is 48.2 Å². The summed E-state index contributed by atoms with van der Waals surface area (Å²) in [7, 11) is 1.35. The van der Waals surface area contributed by atoms with E-state index in [-0.39, 0.29) is 34.3 Å². The van der Waals surface area contributed by atoms with Gasteiger partial charge in [0.15, 0.2) is 11.6 Å². The minimum Gasteiger partial charge on any atom is -0.494 e. The number of anilines is 1. The van der Waals surface area contributed by atoms with Gasteiger partial charge in [0.1, 0.15) is 5.82 Å². The van der Waals surface area contributed by atoms with E-state index in [0.717, 1.165) is 19.3 Å². The molecule has 148 valence electrons. The van der Waals surface area contributed by atoms with Crippen LogP contribution in [0.5, 0.6) is 11.6 Å². The number of aromatic hydroxyl groups is 1. The second-order valence-electron chi connectivity index (χ2n) is 7.37. The summed E-state index contributed by atoms with van der Waals surface area (Å²) in [5.74, 6) is -1.20. The Bertz CT molecular complexity index is 1280. The fourth-order valence-corrected chi connectivity index (χ4v) is 4.06. The van der Waals surface area contributed by atoms with E-state index in [1.165, 1.54) is 31.4 Å². The molecule has 5 rings (SSSR count). The van der Waals surface area contributed by atoms with E-state index in [0.29, 0.717) is 22.0 Å². The van der Waals surface area contributed by atoms with Crippen molar-refractivity contribution in [3.8, 4) is 22.8 Å². The Morgan fingerprint density at radius 2 is 2.00 bits per heavy atom. The number of ether oxygens (including phenoxy) is 1. The lowest BCUT2D eigenvalue weighted by molar-refractivity contribution is 0.283. The number of rotatable bonds is 3. The summed E-state index contributed by atoms with van der Waals surface area (Å²) in [4.78, 5) is 4.59. The Hall–Kier alpha value is -3.35. The summed E-state index contributed by atoms with van der Waals surface area (Å²) in [6.07, 6.45) is 4.79. The largest absolute Gasteiger partial charge is 0.494 e. The van der Waals surface area contributed by atoms with E-state index in [2.05, 4.69) is 4.98 Å². The molecule has 0 atom stereocenters. The smallest absolute Gasteiger partial charge is 0.203 e. The molecule has 0 unspecified atom stereocenters. The van der Waals surface area contributed by atoms with Crippen LogP contribution >= 0.6 is 0 Å². The van der Waals surface area contributed by atoms with Crippen LogP contribution in [0, 0.1) is 11.6 Å². The molecule has 0 radical (unpaired) electrons. The molecule has 0 amide bonds. The van der Waals surface area contributed by atoms with Gasteiger partial charge >= 0.3 is 0 Å². The minimum atomic E-state index is -0.670. The molecule has 1 aliphatic rings. The number of methoxy groups -OCH3 is 1. The lowest BCUT2D eigenvalue weighted by Crippen LogP contribution is -2.15. The second kappa shape index (κ2) is 6.34. The first-order chi connectivity index (χ1) is 14.0. The number of halogens is 2. The third-order valence-corrected chi connectivity index (χ3v) is 5.83. The standard InChI is InChI=1S/C22H19F2N3O2/c1-29-16-7-3-6-12(19(16)24)17-14(23)9-8-13-20(25)18-15(26-21(13)17)10-27(22(18)28)11-4-2-5-11/h3,6-11,28H,2,4-5,25H2,1H3. The Kier molecular flexibility index (Phi) is 3.87. The SMILES string of the molecule is COc1cccc(-c2c(F)ccc3c(N)c4c(O)n(C5CCC5)cc4nc23)c1F. The van der Waals surface area contributed by atoms with E-state index < -0.39 is 11.6 Å². The zero-order chi connectivity index (χ0) is 20.3. The molecule has 4 aromatic rings. The Morgan fingerprint density at radius 3 is 2.69 bits per heavy atom. The predicted octanol–water partition coefficient (Wildman–Crippen LogP) is 5.16. The Labute approximate surface area is 165 Å². The van der Waals surface area contributed by atoms with Gasteiger partial charge in [-0.15, -0.1) is 0 Å². The quantitative estimate of drug-likeness (QED) is 0.503. The van der Waals surface area contributed by atoms with Crippen LogP contribution in [-0.2, 0) is 0 Å². The van der Waals surface area contributed by atoms with Gasteiger partial charge in [-0.25, -0.2) is 13.8 Å². The summed E-state index contributed by atoms with van der Waals surface area (Å²) in [6.45, 7) is 0. The number of nitrogens with two attached hydrogens (primary N) is 1. The lowest BCUT2D eigenvalue weighted by atomic mass is 9.93. The number of nitrogens with zero attached hydrogens (tertiary/aromatic N) is 2. The molecule has 2 aromatic carbocycles. The Morgan fingerprint density at radius 1 is 1.21 bits per heavy atom. The van der Waals surface area contributed by atoms with Gasteiger partial charge in [-0.1, -0.05) is 12.1 Å². The van der Waals surface area contributed by atoms with Crippen molar-refractivity contribution in [2.45, 2.75) is 25.3 Å². The zero-order valence-corrected chi connectivity index (χ0v) is 15.7. The molecular formula is C22H19F2N3O2. The van der Waals surface area contributed by atoms with Crippen molar-refractivity contribution in [1.29, 1.82) is 0 Å². The van der Waals surface area contributed by atoms with Crippen LogP contribution in [0.1, 0.15) is 25.3 Å². The molecule has 0 spiro atoms. The van der Waals surface area contributed by atoms with Crippen molar-refractivity contribution < 1.29 is 18.6 Å². The molecule has 2 heterocycles. The molecule has 0 aliphatic heterocycles. The number of nitrogen functional groups attached to an aromatic ring is 1. The van der Waals surface area contributed by atoms with Gasteiger partial charge in [0, 0.05) is 28.8 Å². The van der Waals surface area contributed by atoms with Gasteiger partial charge in [-0.3, -0.25) is 0 Å². The van der Waals surface area contributed by atoms with Crippen LogP contribution < -0.4 is 10.5 Å². The maximum atomic E-state index is 14.9. The number of benzene rings is 2. The van der Waals surface area contributed by atoms with Gasteiger partial charge in [0.2, 0.25) is 5.88 Å². The van der Waals surface area contributed by atoms with Crippen LogP contribution in [-0.4, -0.2) is 21.8 Å². The highest BCUT2D eigenvalue weighted by Crippen LogP contribution is 2.44. The summed E-state index contributed by atoms with van der Waals surface area (Å²) < 4.78 is 36.6. The fourth-order valence-electron chi connectivity index (χ4n) is 4.06. The molecule has 5 nitrogen and oxygen atoms in total. The maximum Gasteiger partial charge on any atom is 0.203 e. The zero-order valence-electron chi connectivity index (χ0n) is 15.7. The van der Waals surface area contributed by atoms with Gasteiger partial charge in [0.05, 0.1) is 29.2 Å². The number of fused-ring (bicyclic) bond motifs is 2. The summed E-state index contributed by atoms with van der Waals surface area (Å²) in [5, 5.41) is 11.6. The summed E-state index contributed by atoms with van der Waals surface area (Å²) in [6, 6.07) is 7.50. The Balaban J connectivity index is 1.85. The van der Waals surface area contributed by atoms with Crippen molar-refractivity contribution in [2.24, 2.45) is 0 Å². The van der Waals surface area contributed by atoms with E-state index in [1.54, 1.807) is 16.8 Å². The van der Waals surface area contributed by atoms with Crippen molar-refractivity contribution in [1.82, 2.24) is 9.55 Å². The summed E-state index contributed by atoms with van der Waals surface area (Å²) in [5.41, 5.74) is 7.42. The first-order valence-electron chi connectivity index (χ1n) is 9.45. The molecule has 1 saturated carbocycles. The molecule has 3 N–H and O–H groups in total. The highest BCUT2D eigenvalue weighted by Gasteiger charge is 2.26. The molecular weight excluding hydrogens is 376 g/mol. The first-order valence-corrected chi connectivity index (χ1v) is 9.45. The average Bonchev–Trinajstić information content (AvgIpc) is 2.97. The van der Waals surface area contributed by atoms with Gasteiger partial charge in [0.25, 0.3) is 0 Å². The van der Waals surface area contributed by atoms with Crippen LogP contribution in [0.3, 0.4) is 0 Å². The monoisotopic (exact) mass is 395 g/mol. The van der Waals surface area contributed by atoms with Crippen LogP contribution in [0.25, 0.3) is 32.9 Å². The number of hydrogen-bond acceptors (Lipinski definition) is 4. The second-order valence-corrected chi connectivity index (χ2v) is 7.37. The van der Waals surface area contributed by atoms with Crippen LogP contribution in [0.4, 0.5) is 14.5 Å². The van der Waals surface area contributed by atoms with Gasteiger partial charge in [-0.05, 0) is 37.5 Å². The average molecular weight is 395 g/mol. The molecule has 0 saturated heterocycles. The van der Waals surface area contributed by atoms with Crippen molar-refractivity contribution >= 4 is 27.5 Å². The van der Waals surface area contributed by atoms with Gasteiger partial charge < -0.3 is 20.1 Å². The molecule has 29 heavy (non-hydrogen) atoms. The molecule has 0 bridgehead atoms. The summed E-state index contributed by atoms with van der Waals surface area (Å²) >= 11 is 0. The predicted molar refractivity (Wildman–Crippen MR) is 108 cm³/mol.